The van der Waals surface area contributed by atoms with E-state index in [0.717, 1.165) is 19.6 Å². The minimum absolute atomic E-state index is 0.0197. The van der Waals surface area contributed by atoms with Crippen LogP contribution in [0, 0.1) is 5.82 Å². The number of halogens is 1. The van der Waals surface area contributed by atoms with Crippen molar-refractivity contribution in [1.29, 1.82) is 0 Å². The Morgan fingerprint density at radius 1 is 1.42 bits per heavy atom. The monoisotopic (exact) mass is 338 g/mol. The van der Waals surface area contributed by atoms with E-state index < -0.39 is 5.82 Å². The van der Waals surface area contributed by atoms with Gasteiger partial charge in [0.15, 0.2) is 0 Å². The molecule has 0 spiro atoms. The van der Waals surface area contributed by atoms with Crippen molar-refractivity contribution in [2.75, 3.05) is 45.7 Å². The number of hydrogen-bond donors (Lipinski definition) is 2. The molecule has 2 unspecified atom stereocenters. The normalized spacial score (nSPS) is 20.5. The number of rotatable bonds is 5. The number of nitrogens with one attached hydrogen (secondary N) is 2. The molecule has 6 nitrogen and oxygen atoms in total. The van der Waals surface area contributed by atoms with Crippen LogP contribution in [0.1, 0.15) is 13.8 Å². The predicted molar refractivity (Wildman–Crippen MR) is 93.1 cm³/mol. The fourth-order valence-corrected chi connectivity index (χ4v) is 2.92. The first-order valence-electron chi connectivity index (χ1n) is 8.29. The van der Waals surface area contributed by atoms with E-state index in [0.29, 0.717) is 18.0 Å². The van der Waals surface area contributed by atoms with Gasteiger partial charge in [0.2, 0.25) is 0 Å². The van der Waals surface area contributed by atoms with Gasteiger partial charge >= 0.3 is 6.03 Å². The lowest BCUT2D eigenvalue weighted by Crippen LogP contribution is -2.58. The first kappa shape index (κ1) is 18.5. The first-order chi connectivity index (χ1) is 11.4. The van der Waals surface area contributed by atoms with Gasteiger partial charge in [-0.25, -0.2) is 9.18 Å². The largest absolute Gasteiger partial charge is 0.492 e. The lowest BCUT2D eigenvalue weighted by atomic mass is 10.1. The summed E-state index contributed by atoms with van der Waals surface area (Å²) in [5.74, 6) is -0.0699. The number of piperazine rings is 1. The molecule has 2 atom stereocenters. The van der Waals surface area contributed by atoms with E-state index in [1.165, 1.54) is 18.2 Å². The predicted octanol–water partition coefficient (Wildman–Crippen LogP) is 1.98. The fraction of sp³-hybridized carbons (Fsp3) is 0.588. The van der Waals surface area contributed by atoms with E-state index in [1.807, 2.05) is 13.8 Å². The second-order valence-corrected chi connectivity index (χ2v) is 6.27. The highest BCUT2D eigenvalue weighted by atomic mass is 19.1. The maximum Gasteiger partial charge on any atom is 0.319 e. The van der Waals surface area contributed by atoms with Crippen molar-refractivity contribution in [3.63, 3.8) is 0 Å². The van der Waals surface area contributed by atoms with Gasteiger partial charge in [-0.15, -0.1) is 0 Å². The Balaban J connectivity index is 1.97. The third-order valence-electron chi connectivity index (χ3n) is 4.33. The number of hydrogen-bond acceptors (Lipinski definition) is 4. The molecule has 24 heavy (non-hydrogen) atoms. The van der Waals surface area contributed by atoms with Crippen molar-refractivity contribution in [2.45, 2.75) is 25.9 Å². The Labute approximate surface area is 142 Å². The summed E-state index contributed by atoms with van der Waals surface area (Å²) in [6.45, 7) is 7.11. The molecule has 1 aliphatic heterocycles. The highest BCUT2D eigenvalue weighted by Gasteiger charge is 2.28. The standard InChI is InChI=1S/C17H27FN4O2/c1-5-24-16-10-13(18)6-7-14(16)20-17(23)19-12(2)15-11-21(3)8-9-22(15)4/h6-7,10,12,15H,5,8-9,11H2,1-4H3,(H2,19,20,23). The molecule has 0 aliphatic carbocycles. The van der Waals surface area contributed by atoms with Gasteiger partial charge in [0.1, 0.15) is 11.6 Å². The minimum atomic E-state index is -0.398. The van der Waals surface area contributed by atoms with Gasteiger partial charge in [-0.2, -0.15) is 0 Å². The molecule has 134 valence electrons. The summed E-state index contributed by atoms with van der Waals surface area (Å²) < 4.78 is 18.7. The van der Waals surface area contributed by atoms with Crippen molar-refractivity contribution < 1.29 is 13.9 Å². The van der Waals surface area contributed by atoms with Crippen molar-refractivity contribution >= 4 is 11.7 Å². The van der Waals surface area contributed by atoms with Crippen LogP contribution in [0.2, 0.25) is 0 Å². The Kier molecular flexibility index (Phi) is 6.39. The van der Waals surface area contributed by atoms with Crippen LogP contribution < -0.4 is 15.4 Å². The number of urea groups is 1. The Morgan fingerprint density at radius 2 is 2.17 bits per heavy atom. The Hall–Kier alpha value is -1.86. The zero-order valence-electron chi connectivity index (χ0n) is 14.8. The van der Waals surface area contributed by atoms with Crippen LogP contribution in [0.15, 0.2) is 18.2 Å². The molecule has 7 heteroatoms. The molecule has 2 amide bonds. The fourth-order valence-electron chi connectivity index (χ4n) is 2.92. The van der Waals surface area contributed by atoms with Gasteiger partial charge in [-0.05, 0) is 40.1 Å². The number of benzene rings is 1. The van der Waals surface area contributed by atoms with Crippen LogP contribution in [0.4, 0.5) is 14.9 Å². The van der Waals surface area contributed by atoms with Crippen LogP contribution in [0.25, 0.3) is 0 Å². The Bertz CT molecular complexity index is 570. The molecule has 2 rings (SSSR count). The Morgan fingerprint density at radius 3 is 2.88 bits per heavy atom. The highest BCUT2D eigenvalue weighted by Crippen LogP contribution is 2.25. The van der Waals surface area contributed by atoms with Crippen LogP contribution in [0.5, 0.6) is 5.75 Å². The highest BCUT2D eigenvalue weighted by molar-refractivity contribution is 5.91. The number of likely N-dealkylation sites (N-methyl/N-ethyl adjacent to an activating group) is 2. The first-order valence-corrected chi connectivity index (χ1v) is 8.29. The van der Waals surface area contributed by atoms with E-state index in [2.05, 4.69) is 34.5 Å². The van der Waals surface area contributed by atoms with Crippen molar-refractivity contribution in [2.24, 2.45) is 0 Å². The van der Waals surface area contributed by atoms with Gasteiger partial charge < -0.3 is 20.3 Å². The van der Waals surface area contributed by atoms with Crippen LogP contribution in [0.3, 0.4) is 0 Å². The van der Waals surface area contributed by atoms with Crippen molar-refractivity contribution in [3.8, 4) is 5.75 Å². The van der Waals surface area contributed by atoms with Crippen molar-refractivity contribution in [3.05, 3.63) is 24.0 Å². The number of carbonyl (C=O) groups excluding carboxylic acids is 1. The second-order valence-electron chi connectivity index (χ2n) is 6.27. The average molecular weight is 338 g/mol. The third kappa shape index (κ3) is 4.82. The SMILES string of the molecule is CCOc1cc(F)ccc1NC(=O)NC(C)C1CN(C)CCN1C. The van der Waals surface area contributed by atoms with Gasteiger partial charge in [-0.1, -0.05) is 0 Å². The molecule has 1 saturated heterocycles. The molecule has 1 aliphatic rings. The molecule has 0 aromatic heterocycles. The minimum Gasteiger partial charge on any atom is -0.492 e. The van der Waals surface area contributed by atoms with E-state index in [4.69, 9.17) is 4.74 Å². The van der Waals surface area contributed by atoms with Gasteiger partial charge in [-0.3, -0.25) is 4.90 Å². The lowest BCUT2D eigenvalue weighted by molar-refractivity contribution is 0.0946. The molecule has 2 N–H and O–H groups in total. The van der Waals surface area contributed by atoms with E-state index in [-0.39, 0.29) is 18.1 Å². The van der Waals surface area contributed by atoms with E-state index in [1.54, 1.807) is 0 Å². The topological polar surface area (TPSA) is 56.8 Å². The number of carbonyl (C=O) groups is 1. The molecular formula is C17H27FN4O2. The summed E-state index contributed by atoms with van der Waals surface area (Å²) >= 11 is 0. The maximum absolute atomic E-state index is 13.3. The summed E-state index contributed by atoms with van der Waals surface area (Å²) in [5, 5.41) is 5.71. The summed E-state index contributed by atoms with van der Waals surface area (Å²) in [6, 6.07) is 3.97. The number of ether oxygens (including phenoxy) is 1. The lowest BCUT2D eigenvalue weighted by Gasteiger charge is -2.40. The van der Waals surface area contributed by atoms with Gasteiger partial charge in [0.25, 0.3) is 0 Å². The van der Waals surface area contributed by atoms with Gasteiger partial charge in [0.05, 0.1) is 12.3 Å². The molecule has 1 fully saturated rings. The van der Waals surface area contributed by atoms with Crippen LogP contribution in [-0.2, 0) is 0 Å². The molecule has 0 radical (unpaired) electrons. The number of nitrogens with zero attached hydrogens (tertiary/aromatic N) is 2. The zero-order valence-corrected chi connectivity index (χ0v) is 14.8. The van der Waals surface area contributed by atoms with E-state index in [9.17, 15) is 9.18 Å². The second kappa shape index (κ2) is 8.30. The van der Waals surface area contributed by atoms with Crippen LogP contribution in [-0.4, -0.2) is 68.3 Å². The molecule has 0 saturated carbocycles. The molecule has 0 bridgehead atoms. The molecule has 1 aromatic carbocycles. The smallest absolute Gasteiger partial charge is 0.319 e. The summed E-state index contributed by atoms with van der Waals surface area (Å²) in [4.78, 5) is 16.8. The number of amides is 2. The molecular weight excluding hydrogens is 311 g/mol. The zero-order chi connectivity index (χ0) is 17.7. The average Bonchev–Trinajstić information content (AvgIpc) is 2.52. The summed E-state index contributed by atoms with van der Waals surface area (Å²) in [6.07, 6.45) is 0. The third-order valence-corrected chi connectivity index (χ3v) is 4.33. The molecule has 1 aromatic rings. The summed E-state index contributed by atoms with van der Waals surface area (Å²) in [5.41, 5.74) is 0.456. The number of anilines is 1. The van der Waals surface area contributed by atoms with Crippen LogP contribution >= 0.6 is 0 Å². The van der Waals surface area contributed by atoms with Gasteiger partial charge in [0, 0.05) is 37.8 Å². The van der Waals surface area contributed by atoms with E-state index >= 15 is 0 Å². The quantitative estimate of drug-likeness (QED) is 0.862. The molecule has 1 heterocycles. The summed E-state index contributed by atoms with van der Waals surface area (Å²) in [7, 11) is 4.15. The maximum atomic E-state index is 13.3. The van der Waals surface area contributed by atoms with Crippen molar-refractivity contribution in [1.82, 2.24) is 15.1 Å².